The molecule has 0 amide bonds. The summed E-state index contributed by atoms with van der Waals surface area (Å²) in [4.78, 5) is 4.59. The molecule has 4 heteroatoms. The maximum atomic E-state index is 9.76. The highest BCUT2D eigenvalue weighted by Gasteiger charge is 2.07. The van der Waals surface area contributed by atoms with Gasteiger partial charge in [0.1, 0.15) is 5.75 Å². The van der Waals surface area contributed by atoms with Crippen molar-refractivity contribution in [2.45, 2.75) is 6.42 Å². The first kappa shape index (κ1) is 11.7. The molecular weight excluding hydrogens is 310 g/mol. The van der Waals surface area contributed by atoms with Crippen molar-refractivity contribution in [3.8, 4) is 5.75 Å². The first-order valence-electron chi connectivity index (χ1n) is 5.54. The Morgan fingerprint density at radius 3 is 2.83 bits per heavy atom. The van der Waals surface area contributed by atoms with Crippen LogP contribution in [0, 0.1) is 0 Å². The Kier molecular flexibility index (Phi) is 3.06. The molecule has 0 unspecified atom stereocenters. The number of aromatic nitrogens is 1. The molecule has 0 radical (unpaired) electrons. The highest BCUT2D eigenvalue weighted by Crippen LogP contribution is 2.28. The Labute approximate surface area is 117 Å². The van der Waals surface area contributed by atoms with Gasteiger partial charge in [-0.05, 0) is 24.3 Å². The van der Waals surface area contributed by atoms with E-state index < -0.39 is 0 Å². The molecule has 0 aliphatic rings. The van der Waals surface area contributed by atoms with E-state index in [1.165, 1.54) is 4.70 Å². The van der Waals surface area contributed by atoms with E-state index in [2.05, 4.69) is 27.0 Å². The topological polar surface area (TPSA) is 33.1 Å². The van der Waals surface area contributed by atoms with Gasteiger partial charge in [0, 0.05) is 16.5 Å². The monoisotopic (exact) mass is 319 g/mol. The summed E-state index contributed by atoms with van der Waals surface area (Å²) >= 11 is 5.11. The molecule has 0 aliphatic heterocycles. The number of rotatable bonds is 2. The second-order valence-electron chi connectivity index (χ2n) is 4.03. The lowest BCUT2D eigenvalue weighted by Crippen LogP contribution is -1.87. The fourth-order valence-electron chi connectivity index (χ4n) is 1.85. The van der Waals surface area contributed by atoms with Gasteiger partial charge in [0.15, 0.2) is 0 Å². The summed E-state index contributed by atoms with van der Waals surface area (Å²) in [7, 11) is 0. The quantitative estimate of drug-likeness (QED) is 0.761. The van der Waals surface area contributed by atoms with Gasteiger partial charge in [0.25, 0.3) is 0 Å². The molecule has 3 rings (SSSR count). The number of aromatic hydroxyl groups is 1. The zero-order valence-corrected chi connectivity index (χ0v) is 11.8. The maximum absolute atomic E-state index is 9.76. The number of halogens is 1. The minimum atomic E-state index is 0.331. The van der Waals surface area contributed by atoms with Crippen molar-refractivity contribution in [1.29, 1.82) is 0 Å². The number of fused-ring (bicyclic) bond motifs is 1. The Morgan fingerprint density at radius 1 is 1.17 bits per heavy atom. The van der Waals surface area contributed by atoms with E-state index in [4.69, 9.17) is 0 Å². The molecule has 1 aromatic heterocycles. The van der Waals surface area contributed by atoms with Crippen LogP contribution in [0.3, 0.4) is 0 Å². The van der Waals surface area contributed by atoms with Crippen LogP contribution in [0.5, 0.6) is 5.75 Å². The smallest absolute Gasteiger partial charge is 0.119 e. The van der Waals surface area contributed by atoms with Gasteiger partial charge in [-0.25, -0.2) is 4.98 Å². The van der Waals surface area contributed by atoms with E-state index >= 15 is 0 Å². The molecule has 0 saturated carbocycles. The minimum Gasteiger partial charge on any atom is -0.508 e. The van der Waals surface area contributed by atoms with Gasteiger partial charge in [-0.1, -0.05) is 34.1 Å². The van der Waals surface area contributed by atoms with Crippen LogP contribution in [0.15, 0.2) is 46.9 Å². The van der Waals surface area contributed by atoms with E-state index in [1.807, 2.05) is 30.3 Å². The zero-order chi connectivity index (χ0) is 12.5. The van der Waals surface area contributed by atoms with Crippen LogP contribution in [-0.2, 0) is 6.42 Å². The predicted molar refractivity (Wildman–Crippen MR) is 78.2 cm³/mol. The molecule has 2 aromatic carbocycles. The molecule has 0 atom stereocenters. The second-order valence-corrected chi connectivity index (χ2v) is 6.06. The molecule has 0 fully saturated rings. The molecule has 18 heavy (non-hydrogen) atoms. The van der Waals surface area contributed by atoms with Gasteiger partial charge in [0.2, 0.25) is 0 Å². The second kappa shape index (κ2) is 4.71. The van der Waals surface area contributed by atoms with Gasteiger partial charge in [-0.2, -0.15) is 0 Å². The molecule has 0 spiro atoms. The molecule has 2 nitrogen and oxygen atoms in total. The van der Waals surface area contributed by atoms with Crippen LogP contribution in [-0.4, -0.2) is 10.1 Å². The standard InChI is InChI=1S/C14H10BrNOS/c15-10-5-6-13-11(8-10)16-14(18-13)7-9-3-1-2-4-12(9)17/h1-6,8,17H,7H2. The summed E-state index contributed by atoms with van der Waals surface area (Å²) in [6.45, 7) is 0. The molecule has 3 aromatic rings. The van der Waals surface area contributed by atoms with Gasteiger partial charge in [0.05, 0.1) is 15.2 Å². The van der Waals surface area contributed by atoms with Crippen molar-refractivity contribution in [2.75, 3.05) is 0 Å². The molecule has 90 valence electrons. The number of para-hydroxylation sites is 1. The van der Waals surface area contributed by atoms with E-state index in [9.17, 15) is 5.11 Å². The molecule has 0 aliphatic carbocycles. The van der Waals surface area contributed by atoms with Crippen LogP contribution in [0.4, 0.5) is 0 Å². The van der Waals surface area contributed by atoms with Crippen LogP contribution in [0.25, 0.3) is 10.2 Å². The fraction of sp³-hybridized carbons (Fsp3) is 0.0714. The number of nitrogens with zero attached hydrogens (tertiary/aromatic N) is 1. The van der Waals surface area contributed by atoms with Crippen LogP contribution in [0.2, 0.25) is 0 Å². The van der Waals surface area contributed by atoms with Crippen molar-refractivity contribution < 1.29 is 5.11 Å². The Hall–Kier alpha value is -1.39. The van der Waals surface area contributed by atoms with Crippen molar-refractivity contribution in [3.05, 3.63) is 57.5 Å². The number of phenolic OH excluding ortho intramolecular Hbond substituents is 1. The van der Waals surface area contributed by atoms with Crippen LogP contribution < -0.4 is 0 Å². The molecule has 1 N–H and O–H groups in total. The number of benzene rings is 2. The summed E-state index contributed by atoms with van der Waals surface area (Å²) in [5.74, 6) is 0.331. The lowest BCUT2D eigenvalue weighted by Gasteiger charge is -2.00. The summed E-state index contributed by atoms with van der Waals surface area (Å²) in [5.41, 5.74) is 1.91. The van der Waals surface area contributed by atoms with Gasteiger partial charge >= 0.3 is 0 Å². The SMILES string of the molecule is Oc1ccccc1Cc1nc2cc(Br)ccc2s1. The lowest BCUT2D eigenvalue weighted by molar-refractivity contribution is 0.469. The van der Waals surface area contributed by atoms with E-state index in [0.717, 1.165) is 20.6 Å². The van der Waals surface area contributed by atoms with Crippen molar-refractivity contribution in [3.63, 3.8) is 0 Å². The molecule has 0 bridgehead atoms. The highest BCUT2D eigenvalue weighted by atomic mass is 79.9. The van der Waals surface area contributed by atoms with E-state index in [0.29, 0.717) is 12.2 Å². The van der Waals surface area contributed by atoms with Gasteiger partial charge in [-0.15, -0.1) is 11.3 Å². The summed E-state index contributed by atoms with van der Waals surface area (Å²) in [6.07, 6.45) is 0.670. The molecule has 1 heterocycles. The summed E-state index contributed by atoms with van der Waals surface area (Å²) in [5, 5.41) is 10.8. The van der Waals surface area contributed by atoms with Gasteiger partial charge < -0.3 is 5.11 Å². The first-order valence-corrected chi connectivity index (χ1v) is 7.15. The third-order valence-corrected chi connectivity index (χ3v) is 4.26. The van der Waals surface area contributed by atoms with E-state index in [1.54, 1.807) is 17.4 Å². The molecular formula is C14H10BrNOS. The normalized spacial score (nSPS) is 10.9. The highest BCUT2D eigenvalue weighted by molar-refractivity contribution is 9.10. The molecule has 0 saturated heterocycles. The Balaban J connectivity index is 1.98. The average Bonchev–Trinajstić information content (AvgIpc) is 2.73. The average molecular weight is 320 g/mol. The number of phenols is 1. The summed E-state index contributed by atoms with van der Waals surface area (Å²) in [6, 6.07) is 13.5. The Bertz CT molecular complexity index is 708. The van der Waals surface area contributed by atoms with Gasteiger partial charge in [-0.3, -0.25) is 0 Å². The fourth-order valence-corrected chi connectivity index (χ4v) is 3.17. The number of hydrogen-bond acceptors (Lipinski definition) is 3. The number of hydrogen-bond donors (Lipinski definition) is 1. The predicted octanol–water partition coefficient (Wildman–Crippen LogP) is 4.36. The third kappa shape index (κ3) is 2.26. The maximum Gasteiger partial charge on any atom is 0.119 e. The summed E-state index contributed by atoms with van der Waals surface area (Å²) < 4.78 is 2.21. The largest absolute Gasteiger partial charge is 0.508 e. The van der Waals surface area contributed by atoms with Crippen molar-refractivity contribution in [2.24, 2.45) is 0 Å². The van der Waals surface area contributed by atoms with Crippen LogP contribution >= 0.6 is 27.3 Å². The van der Waals surface area contributed by atoms with Crippen molar-refractivity contribution in [1.82, 2.24) is 4.98 Å². The lowest BCUT2D eigenvalue weighted by atomic mass is 10.1. The number of thiazole rings is 1. The first-order chi connectivity index (χ1) is 8.72. The van der Waals surface area contributed by atoms with Crippen molar-refractivity contribution >= 4 is 37.5 Å². The third-order valence-electron chi connectivity index (χ3n) is 2.73. The Morgan fingerprint density at radius 2 is 2.00 bits per heavy atom. The van der Waals surface area contributed by atoms with Crippen LogP contribution in [0.1, 0.15) is 10.6 Å². The minimum absolute atomic E-state index is 0.331. The zero-order valence-electron chi connectivity index (χ0n) is 9.43. The van der Waals surface area contributed by atoms with E-state index in [-0.39, 0.29) is 0 Å².